The topological polar surface area (TPSA) is 58.2 Å². The molecule has 0 aromatic heterocycles. The zero-order valence-electron chi connectivity index (χ0n) is 17.6. The van der Waals surface area contributed by atoms with Gasteiger partial charge in [-0.1, -0.05) is 0 Å². The second-order valence-electron chi connectivity index (χ2n) is 7.08. The molecular weight excluding hydrogens is 787 g/mol. The summed E-state index contributed by atoms with van der Waals surface area (Å²) in [7, 11) is 0. The molecule has 2 amide bonds. The minimum absolute atomic E-state index is 0.116. The Morgan fingerprint density at radius 2 is 0.882 bits per heavy atom. The second-order valence-corrected chi connectivity index (χ2v) is 18.8. The van der Waals surface area contributed by atoms with Gasteiger partial charge in [0.25, 0.3) is 0 Å². The van der Waals surface area contributed by atoms with Crippen molar-refractivity contribution in [2.45, 2.75) is 0 Å². The Morgan fingerprint density at radius 3 is 1.26 bits per heavy atom. The third-order valence-corrected chi connectivity index (χ3v) is 17.5. The first kappa shape index (κ1) is 25.5. The molecule has 34 heavy (non-hydrogen) atoms. The summed E-state index contributed by atoms with van der Waals surface area (Å²) in [5, 5.41) is 6.16. The van der Waals surface area contributed by atoms with Gasteiger partial charge >= 0.3 is 234 Å². The fraction of sp³-hybridized carbons (Fsp3) is 0. The van der Waals surface area contributed by atoms with Gasteiger partial charge in [-0.2, -0.15) is 0 Å². The monoisotopic (exact) mass is 808 g/mol. The first-order valence-corrected chi connectivity index (χ1v) is 21.4. The molecule has 0 spiro atoms. The Bertz CT molecular complexity index is 1210. The van der Waals surface area contributed by atoms with Gasteiger partial charge in [0.2, 0.25) is 0 Å². The van der Waals surface area contributed by atoms with Gasteiger partial charge in [-0.15, -0.1) is 0 Å². The van der Waals surface area contributed by atoms with Crippen molar-refractivity contribution in [2.24, 2.45) is 0 Å². The fourth-order valence-corrected chi connectivity index (χ4v) is 15.0. The van der Waals surface area contributed by atoms with Crippen LogP contribution < -0.4 is 17.9 Å². The van der Waals surface area contributed by atoms with Crippen molar-refractivity contribution in [3.05, 3.63) is 117 Å². The molecule has 0 radical (unpaired) electrons. The van der Waals surface area contributed by atoms with E-state index in [4.69, 9.17) is 0 Å². The van der Waals surface area contributed by atoms with Crippen molar-refractivity contribution in [3.8, 4) is 0 Å². The van der Waals surface area contributed by atoms with Crippen LogP contribution in [-0.2, 0) is 0 Å². The van der Waals surface area contributed by atoms with Gasteiger partial charge in [0.15, 0.2) is 0 Å². The number of carbonyl (C=O) groups excluding carboxylic acids is 2. The standard InChI is InChI=1S/C26H18Br2N2O2Te2/c27-19-13-9-17(10-14-19)25(31)29-21-5-1-3-7-23(21)33-34-24-8-4-2-6-22(24)30-26(32)18-11-15-20(28)16-12-18/h1-16H,(H,29,31)(H,30,32). The summed E-state index contributed by atoms with van der Waals surface area (Å²) in [6, 6.07) is 30.7. The van der Waals surface area contributed by atoms with E-state index < -0.39 is 34.1 Å². The molecule has 0 atom stereocenters. The van der Waals surface area contributed by atoms with Crippen molar-refractivity contribution < 1.29 is 9.59 Å². The van der Waals surface area contributed by atoms with E-state index in [2.05, 4.69) is 54.6 Å². The zero-order valence-corrected chi connectivity index (χ0v) is 25.5. The van der Waals surface area contributed by atoms with Crippen LogP contribution in [-0.4, -0.2) is 45.9 Å². The molecule has 0 aliphatic carbocycles. The minimum atomic E-state index is -0.546. The van der Waals surface area contributed by atoms with E-state index >= 15 is 0 Å². The predicted octanol–water partition coefficient (Wildman–Crippen LogP) is 4.99. The number of nitrogens with one attached hydrogen (secondary N) is 2. The maximum atomic E-state index is 12.7. The Hall–Kier alpha value is -1.64. The average Bonchev–Trinajstić information content (AvgIpc) is 2.85. The average molecular weight is 805 g/mol. The number of amides is 2. The number of hydrogen-bond acceptors (Lipinski definition) is 2. The molecular formula is C26H18Br2N2O2Te2. The molecule has 170 valence electrons. The molecule has 4 rings (SSSR count). The molecule has 0 heterocycles. The maximum absolute atomic E-state index is 12.7. The van der Waals surface area contributed by atoms with Crippen LogP contribution in [0.25, 0.3) is 0 Å². The molecule has 0 saturated heterocycles. The predicted molar refractivity (Wildman–Crippen MR) is 148 cm³/mol. The number of halogens is 2. The zero-order chi connectivity index (χ0) is 23.9. The van der Waals surface area contributed by atoms with Gasteiger partial charge in [0.05, 0.1) is 0 Å². The van der Waals surface area contributed by atoms with Gasteiger partial charge in [-0.3, -0.25) is 0 Å². The summed E-state index contributed by atoms with van der Waals surface area (Å²) in [6.07, 6.45) is 0. The molecule has 0 unspecified atom stereocenters. The van der Waals surface area contributed by atoms with E-state index in [9.17, 15) is 9.59 Å². The summed E-state index contributed by atoms with van der Waals surface area (Å²) in [6.45, 7) is 0. The summed E-state index contributed by atoms with van der Waals surface area (Å²) < 4.78 is 4.31. The molecule has 2 N–H and O–H groups in total. The first-order chi connectivity index (χ1) is 16.5. The van der Waals surface area contributed by atoms with E-state index in [0.717, 1.165) is 20.3 Å². The summed E-state index contributed by atoms with van der Waals surface area (Å²) >= 11 is 5.71. The van der Waals surface area contributed by atoms with E-state index in [1.165, 1.54) is 7.22 Å². The first-order valence-electron chi connectivity index (χ1n) is 10.2. The van der Waals surface area contributed by atoms with Crippen LogP contribution >= 0.6 is 31.9 Å². The molecule has 0 aliphatic rings. The van der Waals surface area contributed by atoms with E-state index in [-0.39, 0.29) is 11.8 Å². The Labute approximate surface area is 231 Å². The van der Waals surface area contributed by atoms with Crippen molar-refractivity contribution in [2.75, 3.05) is 10.6 Å². The van der Waals surface area contributed by atoms with Crippen LogP contribution in [0.3, 0.4) is 0 Å². The molecule has 0 saturated carbocycles. The number of hydrogen-bond donors (Lipinski definition) is 2. The van der Waals surface area contributed by atoms with Gasteiger partial charge < -0.3 is 0 Å². The summed E-state index contributed by atoms with van der Waals surface area (Å²) in [4.78, 5) is 25.5. The van der Waals surface area contributed by atoms with E-state index in [0.29, 0.717) is 11.1 Å². The number of benzene rings is 4. The quantitative estimate of drug-likeness (QED) is 0.259. The SMILES string of the molecule is O=C(Nc1ccccc1[Te][Te]c1ccccc1NC(=O)c1ccc(Br)cc1)c1ccc(Br)cc1. The van der Waals surface area contributed by atoms with Crippen LogP contribution in [0.5, 0.6) is 0 Å². The molecule has 4 aromatic carbocycles. The van der Waals surface area contributed by atoms with E-state index in [1.807, 2.05) is 60.7 Å². The number of rotatable bonds is 7. The number of carbonyl (C=O) groups is 2. The van der Waals surface area contributed by atoms with Gasteiger partial charge in [-0.25, -0.2) is 0 Å². The van der Waals surface area contributed by atoms with Crippen LogP contribution in [0, 0.1) is 0 Å². The molecule has 8 heteroatoms. The van der Waals surface area contributed by atoms with Gasteiger partial charge in [-0.05, 0) is 0 Å². The number of para-hydroxylation sites is 2. The second kappa shape index (κ2) is 12.4. The summed E-state index contributed by atoms with van der Waals surface area (Å²) in [5.41, 5.74) is 2.99. The number of anilines is 2. The van der Waals surface area contributed by atoms with E-state index in [1.54, 1.807) is 24.3 Å². The van der Waals surface area contributed by atoms with Gasteiger partial charge in [0.1, 0.15) is 0 Å². The molecule has 4 nitrogen and oxygen atoms in total. The van der Waals surface area contributed by atoms with Gasteiger partial charge in [0, 0.05) is 0 Å². The third-order valence-electron chi connectivity index (χ3n) is 4.70. The van der Waals surface area contributed by atoms with Crippen LogP contribution in [0.1, 0.15) is 20.7 Å². The van der Waals surface area contributed by atoms with Crippen LogP contribution in [0.4, 0.5) is 11.4 Å². The fourth-order valence-electron chi connectivity index (χ4n) is 2.97. The van der Waals surface area contributed by atoms with Crippen molar-refractivity contribution in [3.63, 3.8) is 0 Å². The normalized spacial score (nSPS) is 10.5. The van der Waals surface area contributed by atoms with Crippen molar-refractivity contribution >= 4 is 96.4 Å². The van der Waals surface area contributed by atoms with Crippen LogP contribution in [0.2, 0.25) is 0 Å². The third kappa shape index (κ3) is 6.95. The Kier molecular flexibility index (Phi) is 9.25. The van der Waals surface area contributed by atoms with Crippen LogP contribution in [0.15, 0.2) is 106 Å². The van der Waals surface area contributed by atoms with Crippen molar-refractivity contribution in [1.82, 2.24) is 0 Å². The molecule has 0 fully saturated rings. The Morgan fingerprint density at radius 1 is 0.529 bits per heavy atom. The Balaban J connectivity index is 1.46. The molecule has 0 aliphatic heterocycles. The summed E-state index contributed by atoms with van der Waals surface area (Å²) in [5.74, 6) is -0.231. The molecule has 4 aromatic rings. The molecule has 0 bridgehead atoms. The van der Waals surface area contributed by atoms with Crippen molar-refractivity contribution in [1.29, 1.82) is 0 Å².